The maximum Gasteiger partial charge on any atom is 0.266 e. The maximum absolute atomic E-state index is 11.5. The second-order valence-corrected chi connectivity index (χ2v) is 5.55. The van der Waals surface area contributed by atoms with Crippen molar-refractivity contribution in [1.29, 1.82) is 0 Å². The normalized spacial score (nSPS) is 14.0. The number of aromatic nitrogens is 1. The summed E-state index contributed by atoms with van der Waals surface area (Å²) in [5.74, 6) is 0.247. The topological polar surface area (TPSA) is 59.2 Å². The summed E-state index contributed by atoms with van der Waals surface area (Å²) >= 11 is 3.06. The Morgan fingerprint density at radius 1 is 1.33 bits per heavy atom. The highest BCUT2D eigenvalue weighted by Crippen LogP contribution is 2.41. The van der Waals surface area contributed by atoms with Gasteiger partial charge in [0.15, 0.2) is 0 Å². The summed E-state index contributed by atoms with van der Waals surface area (Å²) < 4.78 is 1.76. The number of hydrogen-bond donors (Lipinski definition) is 1. The highest BCUT2D eigenvalue weighted by molar-refractivity contribution is 8.01. The molecule has 90 valence electrons. The van der Waals surface area contributed by atoms with E-state index in [-0.39, 0.29) is 0 Å². The molecule has 0 unspecified atom stereocenters. The number of carbonyl (C=O) groups excluding carboxylic acids is 1. The van der Waals surface area contributed by atoms with Crippen LogP contribution in [0.1, 0.15) is 4.88 Å². The fourth-order valence-corrected chi connectivity index (χ4v) is 3.61. The third kappa shape index (κ3) is 1.89. The standard InChI is InChI=1S/C12H9N3OS2/c13-12(16)8-7-10-9(4-6-17-10)18-15(8)11-3-1-2-5-14-11/h1-7H,(H2,13,16). The third-order valence-corrected chi connectivity index (χ3v) is 4.56. The van der Waals surface area contributed by atoms with E-state index in [0.29, 0.717) is 11.5 Å². The maximum atomic E-state index is 11.5. The number of primary amides is 1. The monoisotopic (exact) mass is 275 g/mol. The van der Waals surface area contributed by atoms with E-state index < -0.39 is 5.91 Å². The van der Waals surface area contributed by atoms with Gasteiger partial charge in [0.05, 0.1) is 0 Å². The van der Waals surface area contributed by atoms with Crippen LogP contribution < -0.4 is 10.0 Å². The van der Waals surface area contributed by atoms with Crippen molar-refractivity contribution in [3.8, 4) is 0 Å². The van der Waals surface area contributed by atoms with Gasteiger partial charge in [-0.05, 0) is 41.6 Å². The largest absolute Gasteiger partial charge is 0.364 e. The van der Waals surface area contributed by atoms with Crippen LogP contribution in [-0.4, -0.2) is 10.9 Å². The number of carbonyl (C=O) groups is 1. The second-order valence-electron chi connectivity index (χ2n) is 3.62. The van der Waals surface area contributed by atoms with Crippen LogP contribution in [0.2, 0.25) is 0 Å². The van der Waals surface area contributed by atoms with Crippen LogP contribution >= 0.6 is 23.3 Å². The fourth-order valence-electron chi connectivity index (χ4n) is 1.64. The Bertz CT molecular complexity index is 621. The minimum Gasteiger partial charge on any atom is -0.364 e. The van der Waals surface area contributed by atoms with Crippen LogP contribution in [0, 0.1) is 0 Å². The zero-order valence-electron chi connectivity index (χ0n) is 9.24. The number of fused-ring (bicyclic) bond motifs is 1. The molecule has 0 aliphatic carbocycles. The molecule has 0 spiro atoms. The zero-order valence-corrected chi connectivity index (χ0v) is 10.9. The van der Waals surface area contributed by atoms with Gasteiger partial charge in [-0.25, -0.2) is 4.98 Å². The quantitative estimate of drug-likeness (QED) is 0.855. The van der Waals surface area contributed by atoms with E-state index in [2.05, 4.69) is 4.98 Å². The first-order chi connectivity index (χ1) is 8.75. The molecule has 1 amide bonds. The molecule has 3 heterocycles. The molecule has 0 fully saturated rings. The third-order valence-electron chi connectivity index (χ3n) is 2.44. The van der Waals surface area contributed by atoms with E-state index in [1.54, 1.807) is 21.8 Å². The molecule has 2 N–H and O–H groups in total. The lowest BCUT2D eigenvalue weighted by molar-refractivity contribution is -0.114. The van der Waals surface area contributed by atoms with Gasteiger partial charge in [0, 0.05) is 16.0 Å². The van der Waals surface area contributed by atoms with Crippen LogP contribution in [0.5, 0.6) is 0 Å². The molecule has 0 saturated carbocycles. The minimum absolute atomic E-state index is 0.452. The Morgan fingerprint density at radius 2 is 2.22 bits per heavy atom. The van der Waals surface area contributed by atoms with E-state index in [0.717, 1.165) is 9.77 Å². The summed E-state index contributed by atoms with van der Waals surface area (Å²) in [6.45, 7) is 0. The Kier molecular flexibility index (Phi) is 2.81. The summed E-state index contributed by atoms with van der Waals surface area (Å²) in [4.78, 5) is 18.0. The number of rotatable bonds is 2. The van der Waals surface area contributed by atoms with Gasteiger partial charge in [-0.1, -0.05) is 6.07 Å². The van der Waals surface area contributed by atoms with Gasteiger partial charge in [0.2, 0.25) is 0 Å². The first kappa shape index (κ1) is 11.3. The first-order valence-corrected chi connectivity index (χ1v) is 6.89. The smallest absolute Gasteiger partial charge is 0.266 e. The van der Waals surface area contributed by atoms with E-state index in [1.807, 2.05) is 35.7 Å². The molecule has 2 aromatic heterocycles. The number of hydrogen-bond acceptors (Lipinski definition) is 5. The molecule has 1 aliphatic heterocycles. The van der Waals surface area contributed by atoms with Gasteiger partial charge in [0.1, 0.15) is 11.5 Å². The lowest BCUT2D eigenvalue weighted by Crippen LogP contribution is -2.28. The number of nitrogens with two attached hydrogens (primary N) is 1. The van der Waals surface area contributed by atoms with Crippen molar-refractivity contribution < 1.29 is 4.79 Å². The Labute approximate surface area is 112 Å². The molecule has 0 bridgehead atoms. The number of anilines is 1. The van der Waals surface area contributed by atoms with Crippen LogP contribution in [0.4, 0.5) is 5.82 Å². The van der Waals surface area contributed by atoms with Crippen LogP contribution in [0.15, 0.2) is 46.4 Å². The molecule has 0 saturated heterocycles. The molecule has 0 aromatic carbocycles. The van der Waals surface area contributed by atoms with Crippen LogP contribution in [-0.2, 0) is 4.79 Å². The van der Waals surface area contributed by atoms with Crippen molar-refractivity contribution in [3.63, 3.8) is 0 Å². The highest BCUT2D eigenvalue weighted by atomic mass is 32.2. The van der Waals surface area contributed by atoms with E-state index in [4.69, 9.17) is 5.73 Å². The van der Waals surface area contributed by atoms with Crippen LogP contribution in [0.25, 0.3) is 6.08 Å². The first-order valence-electron chi connectivity index (χ1n) is 5.24. The Morgan fingerprint density at radius 3 is 2.94 bits per heavy atom. The van der Waals surface area contributed by atoms with E-state index >= 15 is 0 Å². The highest BCUT2D eigenvalue weighted by Gasteiger charge is 2.25. The van der Waals surface area contributed by atoms with Crippen molar-refractivity contribution in [2.45, 2.75) is 4.90 Å². The van der Waals surface area contributed by atoms with Crippen molar-refractivity contribution in [2.75, 3.05) is 4.31 Å². The van der Waals surface area contributed by atoms with Gasteiger partial charge < -0.3 is 5.73 Å². The van der Waals surface area contributed by atoms with E-state index in [1.165, 1.54) is 11.9 Å². The molecule has 0 atom stereocenters. The van der Waals surface area contributed by atoms with Crippen molar-refractivity contribution >= 4 is 41.1 Å². The summed E-state index contributed by atoms with van der Waals surface area (Å²) in [7, 11) is 0. The van der Waals surface area contributed by atoms with Gasteiger partial charge in [-0.3, -0.25) is 9.10 Å². The molecule has 0 radical (unpaired) electrons. The molecule has 18 heavy (non-hydrogen) atoms. The SMILES string of the molecule is NC(=O)C1=Cc2sccc2SN1c1ccccn1. The predicted molar refractivity (Wildman–Crippen MR) is 74.1 cm³/mol. The molecular weight excluding hydrogens is 266 g/mol. The number of pyridine rings is 1. The number of nitrogens with zero attached hydrogens (tertiary/aromatic N) is 2. The predicted octanol–water partition coefficient (Wildman–Crippen LogP) is 2.50. The van der Waals surface area contributed by atoms with Crippen molar-refractivity contribution in [1.82, 2.24) is 4.98 Å². The average Bonchev–Trinajstić information content (AvgIpc) is 2.85. The Hall–Kier alpha value is -1.79. The average molecular weight is 275 g/mol. The number of amides is 1. The molecule has 4 nitrogen and oxygen atoms in total. The van der Waals surface area contributed by atoms with E-state index in [9.17, 15) is 4.79 Å². The second kappa shape index (κ2) is 4.47. The van der Waals surface area contributed by atoms with Gasteiger partial charge in [-0.2, -0.15) is 0 Å². The van der Waals surface area contributed by atoms with Crippen LogP contribution in [0.3, 0.4) is 0 Å². The van der Waals surface area contributed by atoms with Gasteiger partial charge in [-0.15, -0.1) is 11.3 Å². The zero-order chi connectivity index (χ0) is 12.5. The summed E-state index contributed by atoms with van der Waals surface area (Å²) in [6, 6.07) is 7.59. The van der Waals surface area contributed by atoms with Crippen molar-refractivity contribution in [2.24, 2.45) is 5.73 Å². The molecule has 3 rings (SSSR count). The summed E-state index contributed by atoms with van der Waals surface area (Å²) in [6.07, 6.45) is 3.51. The molecule has 6 heteroatoms. The minimum atomic E-state index is -0.452. The summed E-state index contributed by atoms with van der Waals surface area (Å²) in [5, 5.41) is 1.99. The molecule has 1 aliphatic rings. The summed E-state index contributed by atoms with van der Waals surface area (Å²) in [5.41, 5.74) is 5.89. The molecule has 2 aromatic rings. The Balaban J connectivity index is 2.08. The lowest BCUT2D eigenvalue weighted by Gasteiger charge is -2.25. The molecular formula is C12H9N3OS2. The van der Waals surface area contributed by atoms with Gasteiger partial charge in [0.25, 0.3) is 5.91 Å². The lowest BCUT2D eigenvalue weighted by atomic mass is 10.3. The fraction of sp³-hybridized carbons (Fsp3) is 0. The van der Waals surface area contributed by atoms with Crippen molar-refractivity contribution in [3.05, 3.63) is 46.4 Å². The number of thiophene rings is 1. The van der Waals surface area contributed by atoms with Gasteiger partial charge >= 0.3 is 0 Å².